The van der Waals surface area contributed by atoms with Gasteiger partial charge in [0.15, 0.2) is 0 Å². The van der Waals surface area contributed by atoms with Crippen molar-refractivity contribution in [1.82, 2.24) is 5.32 Å². The minimum atomic E-state index is -0.723. The fraction of sp³-hybridized carbons (Fsp3) is 0.333. The zero-order valence-corrected chi connectivity index (χ0v) is 12.6. The highest BCUT2D eigenvalue weighted by molar-refractivity contribution is 14.2. The van der Waals surface area contributed by atoms with Crippen LogP contribution >= 0.6 is 43.3 Å². The van der Waals surface area contributed by atoms with Crippen molar-refractivity contribution in [3.8, 4) is 0 Å². The molecular formula is C9H12I2N2O3. The Morgan fingerprint density at radius 2 is 2.50 bits per heavy atom. The molecule has 0 aromatic heterocycles. The van der Waals surface area contributed by atoms with E-state index in [1.54, 1.807) is 28.7 Å². The van der Waals surface area contributed by atoms with E-state index in [0.717, 1.165) is 5.70 Å². The molecular weight excluding hydrogens is 438 g/mol. The average molecular weight is 450 g/mol. The molecule has 16 heavy (non-hydrogen) atoms. The molecule has 1 aliphatic rings. The van der Waals surface area contributed by atoms with Crippen molar-refractivity contribution in [2.24, 2.45) is 5.73 Å². The number of allylic oxidation sites excluding steroid dienone is 3. The van der Waals surface area contributed by atoms with Gasteiger partial charge in [-0.25, -0.2) is 4.79 Å². The van der Waals surface area contributed by atoms with Crippen LogP contribution in [0.2, 0.25) is 0 Å². The van der Waals surface area contributed by atoms with Crippen molar-refractivity contribution in [3.63, 3.8) is 0 Å². The largest absolute Gasteiger partial charge is 0.448 e. The molecule has 0 bridgehead atoms. The van der Waals surface area contributed by atoms with Crippen LogP contribution in [0, 0.1) is 0 Å². The van der Waals surface area contributed by atoms with Gasteiger partial charge in [-0.2, -0.15) is 0 Å². The second-order valence-electron chi connectivity index (χ2n) is 2.94. The van der Waals surface area contributed by atoms with E-state index in [2.05, 4.69) is 9.40 Å². The zero-order valence-electron chi connectivity index (χ0n) is 8.27. The first kappa shape index (κ1) is 14.1. The van der Waals surface area contributed by atoms with Gasteiger partial charge in [0.1, 0.15) is 10.7 Å². The van der Waals surface area contributed by atoms with E-state index in [-0.39, 0.29) is 27.3 Å². The van der Waals surface area contributed by atoms with Crippen LogP contribution in [-0.2, 0) is 4.74 Å². The molecule has 1 rings (SSSR count). The molecule has 5 nitrogen and oxygen atoms in total. The number of nitrogens with two attached hydrogens (primary N) is 1. The number of nitrogens with one attached hydrogen (secondary N) is 1. The summed E-state index contributed by atoms with van der Waals surface area (Å²) in [6.07, 6.45) is 3.16. The molecule has 1 amide bonds. The van der Waals surface area contributed by atoms with Gasteiger partial charge in [0.2, 0.25) is 0 Å². The van der Waals surface area contributed by atoms with E-state index in [9.17, 15) is 4.79 Å². The van der Waals surface area contributed by atoms with Gasteiger partial charge >= 0.3 is 6.09 Å². The Hall–Kier alpha value is -0.000000000000000111. The lowest BCUT2D eigenvalue weighted by Gasteiger charge is -2.14. The lowest BCUT2D eigenvalue weighted by Crippen LogP contribution is -2.37. The third-order valence-electron chi connectivity index (χ3n) is 1.61. The monoisotopic (exact) mass is 450 g/mol. The Balaban J connectivity index is 2.29. The molecule has 2 unspecified atom stereocenters. The molecule has 0 saturated heterocycles. The van der Waals surface area contributed by atoms with E-state index in [1.807, 2.05) is 10.1 Å². The molecule has 4 N–H and O–H groups in total. The molecule has 0 saturated carbocycles. The number of halogens is 2. The van der Waals surface area contributed by atoms with Gasteiger partial charge in [-0.3, -0.25) is 5.32 Å². The standard InChI is InChI=1S/C9H12I2N2O3/c10-8(14)7(12)5-16-9(15)13-6-2-1-3-11-4-6/h1-4,7-8,14H,5,12H2,(H,13,15). The summed E-state index contributed by atoms with van der Waals surface area (Å²) in [5, 5.41) is 11.7. The molecule has 0 aliphatic carbocycles. The Kier molecular flexibility index (Phi) is 6.46. The lowest BCUT2D eigenvalue weighted by molar-refractivity contribution is 0.124. The molecule has 0 fully saturated rings. The van der Waals surface area contributed by atoms with Crippen molar-refractivity contribution in [1.29, 1.82) is 0 Å². The summed E-state index contributed by atoms with van der Waals surface area (Å²) in [7, 11) is 0. The predicted molar refractivity (Wildman–Crippen MR) is 79.8 cm³/mol. The first-order chi connectivity index (χ1) is 7.59. The summed E-state index contributed by atoms with van der Waals surface area (Å²) in [6.45, 7) is -0.00584. The molecule has 0 aromatic rings. The third kappa shape index (κ3) is 5.37. The molecule has 1 aliphatic heterocycles. The predicted octanol–water partition coefficient (Wildman–Crippen LogP) is 0.977. The number of alkyl halides is 1. The Labute approximate surface area is 117 Å². The van der Waals surface area contributed by atoms with Crippen LogP contribution in [0.3, 0.4) is 0 Å². The van der Waals surface area contributed by atoms with Gasteiger partial charge in [-0.1, -0.05) is 26.8 Å². The SMILES string of the molecule is NC(COC(=O)NC1=CC=CI=C1)C(O)I. The molecule has 0 aromatic carbocycles. The number of carbonyl (C=O) groups excluding carboxylic acids is 1. The van der Waals surface area contributed by atoms with Crippen LogP contribution in [0.1, 0.15) is 0 Å². The number of rotatable bonds is 4. The van der Waals surface area contributed by atoms with E-state index < -0.39 is 16.2 Å². The molecule has 2 atom stereocenters. The number of alkyl carbamates (subject to hydrolysis) is 1. The van der Waals surface area contributed by atoms with Crippen LogP contribution in [0.25, 0.3) is 0 Å². The number of carbonyl (C=O) groups is 1. The first-order valence-corrected chi connectivity index (χ1v) is 8.17. The minimum absolute atomic E-state index is 0.00584. The van der Waals surface area contributed by atoms with Crippen molar-refractivity contribution in [2.75, 3.05) is 6.61 Å². The Morgan fingerprint density at radius 1 is 1.75 bits per heavy atom. The van der Waals surface area contributed by atoms with Gasteiger partial charge < -0.3 is 15.6 Å². The summed E-state index contributed by atoms with van der Waals surface area (Å²) in [5.41, 5.74) is 6.26. The summed E-state index contributed by atoms with van der Waals surface area (Å²) < 4.78 is 8.19. The van der Waals surface area contributed by atoms with Crippen molar-refractivity contribution < 1.29 is 14.6 Å². The number of aliphatic hydroxyl groups excluding tert-OH is 1. The molecule has 0 spiro atoms. The maximum atomic E-state index is 11.3. The maximum Gasteiger partial charge on any atom is 0.411 e. The van der Waals surface area contributed by atoms with Crippen LogP contribution in [0.5, 0.6) is 0 Å². The van der Waals surface area contributed by atoms with Crippen LogP contribution in [0.15, 0.2) is 21.9 Å². The Morgan fingerprint density at radius 3 is 3.06 bits per heavy atom. The summed E-state index contributed by atoms with van der Waals surface area (Å²) in [5.74, 6) is 0. The topological polar surface area (TPSA) is 84.6 Å². The number of hydrogen-bond donors (Lipinski definition) is 3. The van der Waals surface area contributed by atoms with Crippen molar-refractivity contribution in [3.05, 3.63) is 21.9 Å². The third-order valence-corrected chi connectivity index (χ3v) is 4.39. The Bertz CT molecular complexity index is 340. The molecule has 0 radical (unpaired) electrons. The van der Waals surface area contributed by atoms with Gasteiger partial charge in [0, 0.05) is 5.70 Å². The van der Waals surface area contributed by atoms with E-state index in [0.29, 0.717) is 0 Å². The van der Waals surface area contributed by atoms with Crippen molar-refractivity contribution >= 4 is 53.4 Å². The normalized spacial score (nSPS) is 18.1. The maximum absolute atomic E-state index is 11.3. The van der Waals surface area contributed by atoms with Gasteiger partial charge in [0.05, 0.1) is 6.04 Å². The van der Waals surface area contributed by atoms with Gasteiger partial charge in [0.25, 0.3) is 0 Å². The van der Waals surface area contributed by atoms with E-state index >= 15 is 0 Å². The number of ether oxygens (including phenoxy) is 1. The van der Waals surface area contributed by atoms with Crippen LogP contribution in [0.4, 0.5) is 4.79 Å². The fourth-order valence-electron chi connectivity index (χ4n) is 0.797. The number of aliphatic hydroxyl groups is 1. The van der Waals surface area contributed by atoms with Gasteiger partial charge in [-0.15, -0.1) is 0 Å². The van der Waals surface area contributed by atoms with Gasteiger partial charge in [-0.05, 0) is 36.8 Å². The highest BCUT2D eigenvalue weighted by atomic mass is 127. The van der Waals surface area contributed by atoms with Crippen LogP contribution in [-0.4, -0.2) is 32.0 Å². The summed E-state index contributed by atoms with van der Waals surface area (Å²) >= 11 is 1.67. The highest BCUT2D eigenvalue weighted by Gasteiger charge is 2.13. The second kappa shape index (κ2) is 7.35. The average Bonchev–Trinajstić information content (AvgIpc) is 2.27. The lowest BCUT2D eigenvalue weighted by atomic mass is 10.4. The number of amides is 1. The zero-order chi connectivity index (χ0) is 12.0. The van der Waals surface area contributed by atoms with E-state index in [1.165, 1.54) is 0 Å². The summed E-state index contributed by atoms with van der Waals surface area (Å²) in [4.78, 5) is 11.3. The molecule has 1 heterocycles. The first-order valence-electron chi connectivity index (χ1n) is 4.43. The molecule has 90 valence electrons. The van der Waals surface area contributed by atoms with Crippen molar-refractivity contribution in [2.45, 2.75) is 10.2 Å². The molecule has 7 heteroatoms. The number of hydrogen-bond acceptors (Lipinski definition) is 4. The quantitative estimate of drug-likeness (QED) is 0.441. The van der Waals surface area contributed by atoms with Crippen LogP contribution < -0.4 is 11.1 Å². The second-order valence-corrected chi connectivity index (χ2v) is 6.27. The summed E-state index contributed by atoms with van der Waals surface area (Å²) in [6, 6.07) is -0.567. The smallest absolute Gasteiger partial charge is 0.411 e. The fourth-order valence-corrected chi connectivity index (χ4v) is 2.41. The van der Waals surface area contributed by atoms with E-state index in [4.69, 9.17) is 15.6 Å². The highest BCUT2D eigenvalue weighted by Crippen LogP contribution is 2.07. The minimum Gasteiger partial charge on any atom is -0.448 e.